The molecule has 17 heteroatoms. The van der Waals surface area contributed by atoms with Crippen LogP contribution in [0.3, 0.4) is 0 Å². The number of phosphoric acid groups is 1. The zero-order chi connectivity index (χ0) is 39.8. The number of unbranched alkanes of at least 4 members (excludes halogenated alkanes) is 8. The molecule has 1 rings (SSSR count). The molecular weight excluding hydrogens is 745 g/mol. The molecule has 0 heterocycles. The SMILES string of the molecule is COC(=O)[C@H](COP(=O)(O)OCc1ccccc1)NC(=O)CSCCCCCCCCCCCOCCOCCOCCOCCOC(=O)OC(C)(C)C. The minimum absolute atomic E-state index is 0.131. The topological polar surface area (TPSA) is 184 Å². The van der Waals surface area contributed by atoms with Crippen LogP contribution in [0.5, 0.6) is 0 Å². The maximum absolute atomic E-state index is 12.4. The minimum Gasteiger partial charge on any atom is -0.467 e. The lowest BCUT2D eigenvalue weighted by Crippen LogP contribution is -2.45. The number of nitrogens with one attached hydrogen (secondary N) is 1. The lowest BCUT2D eigenvalue weighted by Gasteiger charge is -2.18. The molecule has 0 saturated heterocycles. The number of benzene rings is 1. The Hall–Kier alpha value is -2.27. The number of esters is 1. The van der Waals surface area contributed by atoms with Crippen molar-refractivity contribution in [3.05, 3.63) is 35.9 Å². The molecule has 54 heavy (non-hydrogen) atoms. The molecule has 1 unspecified atom stereocenters. The summed E-state index contributed by atoms with van der Waals surface area (Å²) in [6, 6.07) is 7.58. The number of rotatable bonds is 34. The van der Waals surface area contributed by atoms with E-state index < -0.39 is 38.2 Å². The van der Waals surface area contributed by atoms with Crippen LogP contribution in [0, 0.1) is 0 Å². The zero-order valence-electron chi connectivity index (χ0n) is 32.6. The van der Waals surface area contributed by atoms with Crippen LogP contribution in [0.25, 0.3) is 0 Å². The highest BCUT2D eigenvalue weighted by atomic mass is 32.2. The molecule has 0 radical (unpaired) electrons. The summed E-state index contributed by atoms with van der Waals surface area (Å²) in [6.07, 6.45) is 9.50. The van der Waals surface area contributed by atoms with E-state index in [4.69, 9.17) is 42.2 Å². The van der Waals surface area contributed by atoms with Gasteiger partial charge in [-0.05, 0) is 44.9 Å². The fourth-order valence-corrected chi connectivity index (χ4v) is 6.06. The molecule has 0 aliphatic rings. The molecule has 0 spiro atoms. The first-order valence-corrected chi connectivity index (χ1v) is 21.3. The third-order valence-electron chi connectivity index (χ3n) is 7.23. The smallest absolute Gasteiger partial charge is 0.467 e. The molecule has 1 amide bonds. The summed E-state index contributed by atoms with van der Waals surface area (Å²) in [7, 11) is -3.30. The van der Waals surface area contributed by atoms with Crippen molar-refractivity contribution in [3.8, 4) is 0 Å². The Balaban J connectivity index is 1.87. The predicted octanol–water partition coefficient (Wildman–Crippen LogP) is 6.24. The van der Waals surface area contributed by atoms with Gasteiger partial charge in [-0.1, -0.05) is 75.3 Å². The molecule has 0 aliphatic carbocycles. The van der Waals surface area contributed by atoms with Gasteiger partial charge in [0.15, 0.2) is 6.04 Å². The molecule has 1 aromatic rings. The van der Waals surface area contributed by atoms with Gasteiger partial charge in [0.25, 0.3) is 0 Å². The molecule has 312 valence electrons. The second-order valence-corrected chi connectivity index (χ2v) is 15.7. The van der Waals surface area contributed by atoms with Crippen LogP contribution < -0.4 is 5.32 Å². The summed E-state index contributed by atoms with van der Waals surface area (Å²) in [5.74, 6) is -0.208. The molecule has 15 nitrogen and oxygen atoms in total. The van der Waals surface area contributed by atoms with Crippen LogP contribution >= 0.6 is 19.6 Å². The lowest BCUT2D eigenvalue weighted by atomic mass is 10.1. The molecule has 2 atom stereocenters. The van der Waals surface area contributed by atoms with Gasteiger partial charge in [0.2, 0.25) is 5.91 Å². The number of ether oxygens (including phenoxy) is 7. The van der Waals surface area contributed by atoms with Crippen LogP contribution in [0.1, 0.15) is 84.1 Å². The average molecular weight is 810 g/mol. The Morgan fingerprint density at radius 1 is 0.741 bits per heavy atom. The first-order chi connectivity index (χ1) is 25.9. The molecule has 2 N–H and O–H groups in total. The van der Waals surface area contributed by atoms with Gasteiger partial charge >= 0.3 is 19.9 Å². The summed E-state index contributed by atoms with van der Waals surface area (Å²) >= 11 is 1.47. The third kappa shape index (κ3) is 31.0. The molecule has 0 aromatic heterocycles. The Bertz CT molecular complexity index is 1160. The van der Waals surface area contributed by atoms with Crippen molar-refractivity contribution in [1.29, 1.82) is 0 Å². The Kier molecular flexibility index (Phi) is 29.4. The van der Waals surface area contributed by atoms with E-state index in [0.717, 1.165) is 51.6 Å². The number of amides is 1. The van der Waals surface area contributed by atoms with E-state index in [1.165, 1.54) is 37.4 Å². The van der Waals surface area contributed by atoms with Crippen molar-refractivity contribution in [2.24, 2.45) is 0 Å². The fourth-order valence-electron chi connectivity index (χ4n) is 4.52. The highest BCUT2D eigenvalue weighted by molar-refractivity contribution is 7.99. The van der Waals surface area contributed by atoms with Crippen molar-refractivity contribution >= 4 is 37.6 Å². The first kappa shape index (κ1) is 49.7. The molecule has 1 aromatic carbocycles. The number of methoxy groups -OCH3 is 1. The third-order valence-corrected chi connectivity index (χ3v) is 9.20. The Morgan fingerprint density at radius 3 is 1.81 bits per heavy atom. The van der Waals surface area contributed by atoms with Gasteiger partial charge < -0.3 is 43.4 Å². The van der Waals surface area contributed by atoms with Crippen molar-refractivity contribution in [1.82, 2.24) is 5.32 Å². The number of hydrogen-bond donors (Lipinski definition) is 2. The molecule has 0 aliphatic heterocycles. The quantitative estimate of drug-likeness (QED) is 0.0453. The van der Waals surface area contributed by atoms with Gasteiger partial charge in [0.1, 0.15) is 12.2 Å². The van der Waals surface area contributed by atoms with Crippen LogP contribution in [-0.4, -0.2) is 119 Å². The van der Waals surface area contributed by atoms with Gasteiger partial charge in [-0.25, -0.2) is 14.2 Å². The van der Waals surface area contributed by atoms with Crippen LogP contribution in [0.2, 0.25) is 0 Å². The van der Waals surface area contributed by atoms with E-state index in [1.807, 2.05) is 6.07 Å². The van der Waals surface area contributed by atoms with E-state index in [2.05, 4.69) is 5.32 Å². The van der Waals surface area contributed by atoms with Crippen LogP contribution in [0.15, 0.2) is 30.3 Å². The van der Waals surface area contributed by atoms with Gasteiger partial charge in [-0.3, -0.25) is 13.8 Å². The van der Waals surface area contributed by atoms with Crippen molar-refractivity contribution in [3.63, 3.8) is 0 Å². The fraction of sp³-hybridized carbons (Fsp3) is 0.757. The van der Waals surface area contributed by atoms with E-state index in [9.17, 15) is 23.8 Å². The molecular formula is C37H64NO14PS. The van der Waals surface area contributed by atoms with Crippen molar-refractivity contribution in [2.75, 3.05) is 84.7 Å². The molecule has 0 saturated carbocycles. The molecule has 0 bridgehead atoms. The summed E-state index contributed by atoms with van der Waals surface area (Å²) in [4.78, 5) is 45.9. The van der Waals surface area contributed by atoms with Crippen molar-refractivity contribution in [2.45, 2.75) is 96.8 Å². The summed E-state index contributed by atoms with van der Waals surface area (Å²) in [6.45, 7) is 8.65. The van der Waals surface area contributed by atoms with Crippen LogP contribution in [-0.2, 0) is 63.0 Å². The highest BCUT2D eigenvalue weighted by Gasteiger charge is 2.28. The largest absolute Gasteiger partial charge is 0.508 e. The highest BCUT2D eigenvalue weighted by Crippen LogP contribution is 2.44. The van der Waals surface area contributed by atoms with Gasteiger partial charge in [0, 0.05) is 6.61 Å². The first-order valence-electron chi connectivity index (χ1n) is 18.7. The number of phosphoric ester groups is 1. The van der Waals surface area contributed by atoms with Gasteiger partial charge in [-0.2, -0.15) is 11.8 Å². The Morgan fingerprint density at radius 2 is 1.26 bits per heavy atom. The van der Waals surface area contributed by atoms with Gasteiger partial charge in [-0.15, -0.1) is 0 Å². The number of carbonyl (C=O) groups is 3. The monoisotopic (exact) mass is 809 g/mol. The lowest BCUT2D eigenvalue weighted by molar-refractivity contribution is -0.145. The van der Waals surface area contributed by atoms with E-state index in [0.29, 0.717) is 45.2 Å². The maximum Gasteiger partial charge on any atom is 0.508 e. The van der Waals surface area contributed by atoms with Crippen molar-refractivity contribution < 1.29 is 66.0 Å². The van der Waals surface area contributed by atoms with Gasteiger partial charge in [0.05, 0.1) is 72.3 Å². The standard InChI is InChI=1S/C37H64NO14PS/c1-37(2,3)52-36(41)49-27-26-48-25-24-47-23-22-46-21-20-45-19-15-10-8-6-5-7-9-11-16-28-54-31-34(39)38-33(35(40)44-4)30-51-53(42,43)50-29-32-17-13-12-14-18-32/h12-14,17-18,33H,5-11,15-16,19-31H2,1-4H3,(H,38,39)(H,42,43)/t33-/m0/s1. The minimum atomic E-state index is -4.46. The summed E-state index contributed by atoms with van der Waals surface area (Å²) in [5, 5.41) is 2.51. The van der Waals surface area contributed by atoms with Crippen LogP contribution in [0.4, 0.5) is 4.79 Å². The second-order valence-electron chi connectivity index (χ2n) is 13.2. The summed E-state index contributed by atoms with van der Waals surface area (Å²) in [5.41, 5.74) is 0.103. The summed E-state index contributed by atoms with van der Waals surface area (Å²) < 4.78 is 58.7. The second kappa shape index (κ2) is 31.9. The maximum atomic E-state index is 12.4. The molecule has 0 fully saturated rings. The zero-order valence-corrected chi connectivity index (χ0v) is 34.3. The van der Waals surface area contributed by atoms with E-state index >= 15 is 0 Å². The predicted molar refractivity (Wildman–Crippen MR) is 205 cm³/mol. The van der Waals surface area contributed by atoms with E-state index in [1.54, 1.807) is 45.0 Å². The number of carbonyl (C=O) groups excluding carboxylic acids is 3. The average Bonchev–Trinajstić information content (AvgIpc) is 3.13. The van der Waals surface area contributed by atoms with E-state index in [-0.39, 0.29) is 31.5 Å². The number of hydrogen-bond acceptors (Lipinski definition) is 14. The number of thioether (sulfide) groups is 1. The Labute approximate surface area is 325 Å². The normalized spacial score (nSPS) is 13.2.